The molecule has 1 aliphatic rings. The lowest BCUT2D eigenvalue weighted by Crippen LogP contribution is -2.18. The summed E-state index contributed by atoms with van der Waals surface area (Å²) in [5.74, 6) is 0.0167. The van der Waals surface area contributed by atoms with Crippen molar-refractivity contribution in [3.63, 3.8) is 0 Å². The fraction of sp³-hybridized carbons (Fsp3) is 0.588. The van der Waals surface area contributed by atoms with E-state index in [9.17, 15) is 9.90 Å². The van der Waals surface area contributed by atoms with Crippen LogP contribution in [0.15, 0.2) is 36.0 Å². The summed E-state index contributed by atoms with van der Waals surface area (Å²) in [6.45, 7) is 2.06. The van der Waals surface area contributed by atoms with E-state index in [4.69, 9.17) is 9.47 Å². The molecule has 0 amide bonds. The molecule has 4 heteroatoms. The topological polar surface area (TPSA) is 55.8 Å². The number of aliphatic hydroxyl groups is 1. The van der Waals surface area contributed by atoms with Crippen molar-refractivity contribution < 1.29 is 19.4 Å². The first-order chi connectivity index (χ1) is 10.1. The molecule has 4 nitrogen and oxygen atoms in total. The lowest BCUT2D eigenvalue weighted by Gasteiger charge is -2.18. The van der Waals surface area contributed by atoms with Crippen LogP contribution in [0.3, 0.4) is 0 Å². The van der Waals surface area contributed by atoms with E-state index in [1.165, 1.54) is 0 Å². The van der Waals surface area contributed by atoms with E-state index in [0.717, 1.165) is 12.0 Å². The fourth-order valence-electron chi connectivity index (χ4n) is 2.32. The second kappa shape index (κ2) is 9.66. The summed E-state index contributed by atoms with van der Waals surface area (Å²) in [7, 11) is 3.17. The SMILES string of the molecule is CCC=CCC(O)CC=C1C(=O)C=CC1CC(OC)OC. The molecule has 0 heterocycles. The number of allylic oxidation sites excluding steroid dienone is 4. The molecule has 0 saturated carbocycles. The van der Waals surface area contributed by atoms with Crippen molar-refractivity contribution in [2.45, 2.75) is 45.0 Å². The van der Waals surface area contributed by atoms with Gasteiger partial charge in [0.1, 0.15) is 0 Å². The molecule has 1 rings (SSSR count). The van der Waals surface area contributed by atoms with Gasteiger partial charge in [-0.15, -0.1) is 0 Å². The Morgan fingerprint density at radius 1 is 1.29 bits per heavy atom. The smallest absolute Gasteiger partial charge is 0.181 e. The molecule has 0 spiro atoms. The van der Waals surface area contributed by atoms with E-state index in [1.807, 2.05) is 24.3 Å². The maximum Gasteiger partial charge on any atom is 0.181 e. The van der Waals surface area contributed by atoms with Gasteiger partial charge in [-0.1, -0.05) is 31.2 Å². The van der Waals surface area contributed by atoms with Gasteiger partial charge in [0, 0.05) is 32.1 Å². The Hall–Kier alpha value is -1.23. The van der Waals surface area contributed by atoms with Crippen LogP contribution in [0.5, 0.6) is 0 Å². The van der Waals surface area contributed by atoms with Gasteiger partial charge in [0.25, 0.3) is 0 Å². The Labute approximate surface area is 127 Å². The van der Waals surface area contributed by atoms with E-state index < -0.39 is 6.10 Å². The maximum absolute atomic E-state index is 11.9. The Balaban J connectivity index is 2.58. The lowest BCUT2D eigenvalue weighted by molar-refractivity contribution is -0.114. The Morgan fingerprint density at radius 2 is 2.00 bits per heavy atom. The number of hydrogen-bond donors (Lipinski definition) is 1. The van der Waals surface area contributed by atoms with Crippen LogP contribution >= 0.6 is 0 Å². The first-order valence-electron chi connectivity index (χ1n) is 7.43. The second-order valence-electron chi connectivity index (χ2n) is 5.13. The fourth-order valence-corrected chi connectivity index (χ4v) is 2.32. The Bertz CT molecular complexity index is 405. The minimum absolute atomic E-state index is 0.000726. The van der Waals surface area contributed by atoms with E-state index in [-0.39, 0.29) is 18.0 Å². The van der Waals surface area contributed by atoms with Crippen LogP contribution in [-0.4, -0.2) is 37.5 Å². The van der Waals surface area contributed by atoms with Crippen molar-refractivity contribution in [1.29, 1.82) is 0 Å². The number of rotatable bonds is 9. The molecule has 0 aromatic heterocycles. The molecule has 0 aromatic carbocycles. The van der Waals surface area contributed by atoms with Gasteiger partial charge in [0.15, 0.2) is 12.1 Å². The largest absolute Gasteiger partial charge is 0.392 e. The summed E-state index contributed by atoms with van der Waals surface area (Å²) in [4.78, 5) is 11.9. The van der Waals surface area contributed by atoms with Crippen molar-refractivity contribution in [1.82, 2.24) is 0 Å². The van der Waals surface area contributed by atoms with Crippen molar-refractivity contribution in [2.75, 3.05) is 14.2 Å². The highest BCUT2D eigenvalue weighted by Crippen LogP contribution is 2.27. The predicted octanol–water partition coefficient (Wildman–Crippen LogP) is 2.78. The molecular formula is C17H26O4. The number of aliphatic hydroxyl groups excluding tert-OH is 1. The van der Waals surface area contributed by atoms with Gasteiger partial charge in [-0.3, -0.25) is 4.79 Å². The van der Waals surface area contributed by atoms with E-state index >= 15 is 0 Å². The number of carbonyl (C=O) groups excluding carboxylic acids is 1. The molecule has 0 saturated heterocycles. The van der Waals surface area contributed by atoms with Crippen molar-refractivity contribution >= 4 is 5.78 Å². The standard InChI is InChI=1S/C17H26O4/c1-4-5-6-7-14(18)9-10-15-13(8-11-16(15)19)12-17(20-2)21-3/h5-6,8,10-11,13-14,17-18H,4,7,9,12H2,1-3H3. The number of ketones is 1. The van der Waals surface area contributed by atoms with Gasteiger partial charge in [-0.05, 0) is 25.3 Å². The highest BCUT2D eigenvalue weighted by Gasteiger charge is 2.25. The van der Waals surface area contributed by atoms with Gasteiger partial charge >= 0.3 is 0 Å². The van der Waals surface area contributed by atoms with Crippen molar-refractivity contribution in [3.05, 3.63) is 36.0 Å². The normalized spacial score (nSPS) is 22.0. The lowest BCUT2D eigenvalue weighted by atomic mass is 9.96. The molecule has 0 bridgehead atoms. The first-order valence-corrected chi connectivity index (χ1v) is 7.43. The van der Waals surface area contributed by atoms with Crippen LogP contribution in [-0.2, 0) is 14.3 Å². The molecule has 0 fully saturated rings. The molecule has 2 unspecified atom stereocenters. The Morgan fingerprint density at radius 3 is 2.62 bits per heavy atom. The van der Waals surface area contributed by atoms with Crippen LogP contribution in [0.4, 0.5) is 0 Å². The minimum Gasteiger partial charge on any atom is -0.392 e. The average Bonchev–Trinajstić information content (AvgIpc) is 2.83. The molecule has 1 N–H and O–H groups in total. The van der Waals surface area contributed by atoms with Gasteiger partial charge in [-0.2, -0.15) is 0 Å². The van der Waals surface area contributed by atoms with Gasteiger partial charge in [0.2, 0.25) is 0 Å². The number of ether oxygens (including phenoxy) is 2. The molecule has 1 aliphatic carbocycles. The summed E-state index contributed by atoms with van der Waals surface area (Å²) in [6, 6.07) is 0. The summed E-state index contributed by atoms with van der Waals surface area (Å²) in [5, 5.41) is 9.91. The van der Waals surface area contributed by atoms with Crippen molar-refractivity contribution in [3.8, 4) is 0 Å². The summed E-state index contributed by atoms with van der Waals surface area (Å²) in [5.41, 5.74) is 0.729. The number of methoxy groups -OCH3 is 2. The number of hydrogen-bond acceptors (Lipinski definition) is 4. The van der Waals surface area contributed by atoms with Crippen LogP contribution in [0.1, 0.15) is 32.6 Å². The van der Waals surface area contributed by atoms with Gasteiger partial charge in [-0.25, -0.2) is 0 Å². The second-order valence-corrected chi connectivity index (χ2v) is 5.13. The average molecular weight is 294 g/mol. The zero-order valence-electron chi connectivity index (χ0n) is 13.1. The third kappa shape index (κ3) is 5.96. The number of carbonyl (C=O) groups is 1. The highest BCUT2D eigenvalue weighted by molar-refractivity contribution is 6.07. The summed E-state index contributed by atoms with van der Waals surface area (Å²) >= 11 is 0. The molecule has 0 radical (unpaired) electrons. The van der Waals surface area contributed by atoms with Crippen LogP contribution in [0.25, 0.3) is 0 Å². The molecular weight excluding hydrogens is 268 g/mol. The highest BCUT2D eigenvalue weighted by atomic mass is 16.7. The quantitative estimate of drug-likeness (QED) is 0.403. The maximum atomic E-state index is 11.9. The van der Waals surface area contributed by atoms with Crippen LogP contribution in [0.2, 0.25) is 0 Å². The van der Waals surface area contributed by atoms with Crippen LogP contribution < -0.4 is 0 Å². The summed E-state index contributed by atoms with van der Waals surface area (Å²) < 4.78 is 10.4. The van der Waals surface area contributed by atoms with Gasteiger partial charge < -0.3 is 14.6 Å². The monoisotopic (exact) mass is 294 g/mol. The predicted molar refractivity (Wildman–Crippen MR) is 82.8 cm³/mol. The first kappa shape index (κ1) is 17.8. The summed E-state index contributed by atoms with van der Waals surface area (Å²) in [6.07, 6.45) is 11.2. The van der Waals surface area contributed by atoms with E-state index in [2.05, 4.69) is 6.92 Å². The molecule has 0 aliphatic heterocycles. The molecule has 0 aromatic rings. The third-order valence-corrected chi connectivity index (χ3v) is 3.56. The Kier molecular flexibility index (Phi) is 8.20. The zero-order valence-corrected chi connectivity index (χ0v) is 13.1. The third-order valence-electron chi connectivity index (χ3n) is 3.56. The van der Waals surface area contributed by atoms with Crippen molar-refractivity contribution in [2.24, 2.45) is 5.92 Å². The molecule has 2 atom stereocenters. The van der Waals surface area contributed by atoms with E-state index in [0.29, 0.717) is 19.3 Å². The molecule has 21 heavy (non-hydrogen) atoms. The van der Waals surface area contributed by atoms with Gasteiger partial charge in [0.05, 0.1) is 6.10 Å². The minimum atomic E-state index is -0.449. The van der Waals surface area contributed by atoms with E-state index in [1.54, 1.807) is 20.3 Å². The van der Waals surface area contributed by atoms with Crippen LogP contribution in [0, 0.1) is 5.92 Å². The zero-order chi connectivity index (χ0) is 15.7. The molecule has 118 valence electrons.